The molecule has 0 heterocycles. The smallest absolute Gasteiger partial charge is 0.328 e. The van der Waals surface area contributed by atoms with Crippen molar-refractivity contribution in [3.63, 3.8) is 0 Å². The van der Waals surface area contributed by atoms with E-state index in [2.05, 4.69) is 5.32 Å². The molecule has 120 valence electrons. The average Bonchev–Trinajstić information content (AvgIpc) is 2.59. The molecule has 0 amide bonds. The van der Waals surface area contributed by atoms with Gasteiger partial charge < -0.3 is 14.6 Å². The molecule has 0 spiro atoms. The van der Waals surface area contributed by atoms with Crippen molar-refractivity contribution in [2.24, 2.45) is 0 Å². The van der Waals surface area contributed by atoms with E-state index in [1.165, 1.54) is 0 Å². The van der Waals surface area contributed by atoms with Crippen molar-refractivity contribution in [1.29, 1.82) is 0 Å². The van der Waals surface area contributed by atoms with Crippen molar-refractivity contribution >= 4 is 12.3 Å². The molecule has 1 unspecified atom stereocenters. The average molecular weight is 313 g/mol. The summed E-state index contributed by atoms with van der Waals surface area (Å²) in [6.07, 6.45) is 0.884. The third kappa shape index (κ3) is 3.76. The molecule has 0 aliphatic carbocycles. The van der Waals surface area contributed by atoms with Gasteiger partial charge in [0.2, 0.25) is 0 Å². The van der Waals surface area contributed by atoms with Crippen LogP contribution in [-0.4, -0.2) is 31.0 Å². The molecular weight excluding hydrogens is 294 g/mol. The van der Waals surface area contributed by atoms with Gasteiger partial charge in [-0.25, -0.2) is 4.79 Å². The number of benzene rings is 2. The Balaban J connectivity index is 2.46. The number of rotatable bonds is 8. The fourth-order valence-corrected chi connectivity index (χ4v) is 2.53. The Morgan fingerprint density at radius 3 is 2.35 bits per heavy atom. The highest BCUT2D eigenvalue weighted by atomic mass is 16.5. The van der Waals surface area contributed by atoms with Crippen LogP contribution in [0.3, 0.4) is 0 Å². The number of methoxy groups -OCH3 is 1. The minimum absolute atomic E-state index is 0.0504. The first-order chi connectivity index (χ1) is 11.1. The number of carbonyl (C=O) groups is 2. The van der Waals surface area contributed by atoms with E-state index in [0.29, 0.717) is 17.6 Å². The van der Waals surface area contributed by atoms with E-state index < -0.39 is 11.5 Å². The van der Waals surface area contributed by atoms with Gasteiger partial charge >= 0.3 is 5.97 Å². The molecule has 2 aromatic rings. The zero-order valence-electron chi connectivity index (χ0n) is 12.9. The van der Waals surface area contributed by atoms with Gasteiger partial charge in [0.15, 0.2) is 0 Å². The molecule has 0 aliphatic rings. The third-order valence-corrected chi connectivity index (χ3v) is 3.75. The van der Waals surface area contributed by atoms with Crippen LogP contribution in [-0.2, 0) is 21.5 Å². The number of carboxylic acids is 1. The highest BCUT2D eigenvalue weighted by molar-refractivity contribution is 5.82. The lowest BCUT2D eigenvalue weighted by Crippen LogP contribution is -2.51. The molecule has 0 aromatic heterocycles. The van der Waals surface area contributed by atoms with Crippen LogP contribution >= 0.6 is 0 Å². The summed E-state index contributed by atoms with van der Waals surface area (Å²) in [6, 6.07) is 16.1. The van der Waals surface area contributed by atoms with Crippen molar-refractivity contribution in [2.45, 2.75) is 12.0 Å². The van der Waals surface area contributed by atoms with Crippen molar-refractivity contribution in [3.8, 4) is 5.75 Å². The first-order valence-corrected chi connectivity index (χ1v) is 7.23. The molecule has 0 saturated carbocycles. The molecular formula is C18H19NO4. The Morgan fingerprint density at radius 2 is 1.83 bits per heavy atom. The normalized spacial score (nSPS) is 13.1. The quantitative estimate of drug-likeness (QED) is 0.729. The highest BCUT2D eigenvalue weighted by Gasteiger charge is 2.40. The summed E-state index contributed by atoms with van der Waals surface area (Å²) in [4.78, 5) is 22.9. The molecule has 2 rings (SSSR count). The molecule has 5 heteroatoms. The van der Waals surface area contributed by atoms with Gasteiger partial charge in [0.25, 0.3) is 0 Å². The number of nitrogens with one attached hydrogen (secondary N) is 1. The molecule has 2 aromatic carbocycles. The molecule has 23 heavy (non-hydrogen) atoms. The second-order valence-corrected chi connectivity index (χ2v) is 5.15. The van der Waals surface area contributed by atoms with Gasteiger partial charge in [-0.1, -0.05) is 42.5 Å². The zero-order chi connectivity index (χ0) is 16.7. The Hall–Kier alpha value is -2.66. The zero-order valence-corrected chi connectivity index (χ0v) is 12.9. The predicted molar refractivity (Wildman–Crippen MR) is 86.5 cm³/mol. The van der Waals surface area contributed by atoms with Crippen molar-refractivity contribution in [1.82, 2.24) is 5.32 Å². The molecule has 5 nitrogen and oxygen atoms in total. The van der Waals surface area contributed by atoms with Crippen molar-refractivity contribution < 1.29 is 19.4 Å². The number of carbonyl (C=O) groups excluding carboxylic acids is 1. The van der Waals surface area contributed by atoms with E-state index in [9.17, 15) is 14.7 Å². The number of hydrogen-bond donors (Lipinski definition) is 2. The Labute approximate surface area is 134 Å². The summed E-state index contributed by atoms with van der Waals surface area (Å²) in [7, 11) is 1.55. The molecule has 0 saturated heterocycles. The van der Waals surface area contributed by atoms with E-state index in [4.69, 9.17) is 4.74 Å². The molecule has 0 aliphatic heterocycles. The van der Waals surface area contributed by atoms with E-state index in [-0.39, 0.29) is 13.0 Å². The summed E-state index contributed by atoms with van der Waals surface area (Å²) in [5, 5.41) is 12.8. The van der Waals surface area contributed by atoms with Crippen LogP contribution in [0.5, 0.6) is 5.75 Å². The number of aliphatic carboxylic acids is 1. The SMILES string of the molecule is COc1ccc(C(Cc2ccccc2)(NCC=O)C(=O)O)cc1. The van der Waals surface area contributed by atoms with Gasteiger partial charge in [0.1, 0.15) is 17.6 Å². The predicted octanol–water partition coefficient (Wildman–Crippen LogP) is 2.01. The maximum absolute atomic E-state index is 12.1. The van der Waals surface area contributed by atoms with Gasteiger partial charge in [-0.3, -0.25) is 5.32 Å². The standard InChI is InChI=1S/C18H19NO4/c1-23-16-9-7-15(8-10-16)18(17(21)22,19-11-12-20)13-14-5-3-2-4-6-14/h2-10,12,19H,11,13H2,1H3,(H,21,22). The first-order valence-electron chi connectivity index (χ1n) is 7.23. The number of aldehydes is 1. The van der Waals surface area contributed by atoms with Crippen molar-refractivity contribution in [2.75, 3.05) is 13.7 Å². The summed E-state index contributed by atoms with van der Waals surface area (Å²) in [5.74, 6) is -0.392. The number of hydrogen-bond acceptors (Lipinski definition) is 4. The van der Waals surface area contributed by atoms with Crippen LogP contribution in [0, 0.1) is 0 Å². The summed E-state index contributed by atoms with van der Waals surface area (Å²) < 4.78 is 5.12. The summed E-state index contributed by atoms with van der Waals surface area (Å²) in [5.41, 5.74) is 0.0507. The van der Waals surface area contributed by atoms with E-state index >= 15 is 0 Å². The number of carboxylic acid groups (broad SMARTS) is 1. The molecule has 0 bridgehead atoms. The first kappa shape index (κ1) is 16.7. The Kier molecular flexibility index (Phi) is 5.49. The molecule has 0 fully saturated rings. The van der Waals surface area contributed by atoms with Crippen LogP contribution in [0.2, 0.25) is 0 Å². The maximum Gasteiger partial charge on any atom is 0.328 e. The lowest BCUT2D eigenvalue weighted by molar-refractivity contribution is -0.145. The van der Waals surface area contributed by atoms with Gasteiger partial charge in [-0.05, 0) is 23.3 Å². The van der Waals surface area contributed by atoms with E-state index in [1.54, 1.807) is 31.4 Å². The lowest BCUT2D eigenvalue weighted by Gasteiger charge is -2.31. The topological polar surface area (TPSA) is 75.6 Å². The molecule has 2 N–H and O–H groups in total. The van der Waals surface area contributed by atoms with Crippen LogP contribution < -0.4 is 10.1 Å². The minimum atomic E-state index is -1.38. The molecule has 1 atom stereocenters. The number of ether oxygens (including phenoxy) is 1. The fourth-order valence-electron chi connectivity index (χ4n) is 2.53. The van der Waals surface area contributed by atoms with Crippen LogP contribution in [0.15, 0.2) is 54.6 Å². The van der Waals surface area contributed by atoms with E-state index in [0.717, 1.165) is 5.56 Å². The molecule has 0 radical (unpaired) electrons. The highest BCUT2D eigenvalue weighted by Crippen LogP contribution is 2.28. The van der Waals surface area contributed by atoms with Gasteiger partial charge in [-0.2, -0.15) is 0 Å². The maximum atomic E-state index is 12.1. The summed E-state index contributed by atoms with van der Waals surface area (Å²) in [6.45, 7) is -0.0504. The second kappa shape index (κ2) is 7.56. The largest absolute Gasteiger partial charge is 0.497 e. The van der Waals surface area contributed by atoms with Crippen LogP contribution in [0.4, 0.5) is 0 Å². The van der Waals surface area contributed by atoms with Gasteiger partial charge in [0, 0.05) is 6.42 Å². The van der Waals surface area contributed by atoms with Gasteiger partial charge in [-0.15, -0.1) is 0 Å². The Bertz CT molecular complexity index is 654. The van der Waals surface area contributed by atoms with Crippen LogP contribution in [0.1, 0.15) is 11.1 Å². The van der Waals surface area contributed by atoms with Crippen molar-refractivity contribution in [3.05, 3.63) is 65.7 Å². The fraction of sp³-hybridized carbons (Fsp3) is 0.222. The summed E-state index contributed by atoms with van der Waals surface area (Å²) >= 11 is 0. The Morgan fingerprint density at radius 1 is 1.17 bits per heavy atom. The van der Waals surface area contributed by atoms with Crippen LogP contribution in [0.25, 0.3) is 0 Å². The minimum Gasteiger partial charge on any atom is -0.497 e. The third-order valence-electron chi connectivity index (χ3n) is 3.75. The second-order valence-electron chi connectivity index (χ2n) is 5.15. The monoisotopic (exact) mass is 313 g/mol. The lowest BCUT2D eigenvalue weighted by atomic mass is 9.83. The van der Waals surface area contributed by atoms with Gasteiger partial charge in [0.05, 0.1) is 13.7 Å². The van der Waals surface area contributed by atoms with E-state index in [1.807, 2.05) is 30.3 Å².